The van der Waals surface area contributed by atoms with Crippen LogP contribution in [0, 0.1) is 0 Å². The standard InChI is InChI=1S/C12H10Cl2O4/c1-2-18-12(17)11(16)9(14)10(15)7-4-3-5-8(13)6-7/h3-6,9H,2H2,1H3. The molecular formula is C12H10Cl2O4. The van der Waals surface area contributed by atoms with Crippen molar-refractivity contribution in [3.05, 3.63) is 34.9 Å². The van der Waals surface area contributed by atoms with Gasteiger partial charge in [-0.3, -0.25) is 9.59 Å². The molecule has 1 atom stereocenters. The van der Waals surface area contributed by atoms with E-state index in [9.17, 15) is 14.4 Å². The minimum absolute atomic E-state index is 0.0412. The van der Waals surface area contributed by atoms with Gasteiger partial charge in [0.25, 0.3) is 5.78 Å². The molecule has 1 unspecified atom stereocenters. The van der Waals surface area contributed by atoms with Gasteiger partial charge >= 0.3 is 5.97 Å². The maximum absolute atomic E-state index is 11.8. The molecule has 0 aliphatic rings. The largest absolute Gasteiger partial charge is 0.460 e. The molecule has 0 N–H and O–H groups in total. The number of benzene rings is 1. The lowest BCUT2D eigenvalue weighted by atomic mass is 10.1. The van der Waals surface area contributed by atoms with Gasteiger partial charge in [0.05, 0.1) is 6.61 Å². The summed E-state index contributed by atoms with van der Waals surface area (Å²) < 4.78 is 4.48. The van der Waals surface area contributed by atoms with E-state index in [4.69, 9.17) is 23.2 Å². The van der Waals surface area contributed by atoms with E-state index in [1.165, 1.54) is 12.1 Å². The molecule has 1 aromatic rings. The molecular weight excluding hydrogens is 279 g/mol. The first kappa shape index (κ1) is 14.7. The topological polar surface area (TPSA) is 60.4 Å². The van der Waals surface area contributed by atoms with Crippen molar-refractivity contribution >= 4 is 40.7 Å². The first-order chi connectivity index (χ1) is 8.47. The van der Waals surface area contributed by atoms with Crippen molar-refractivity contribution in [2.45, 2.75) is 12.3 Å². The Morgan fingerprint density at radius 3 is 2.56 bits per heavy atom. The summed E-state index contributed by atoms with van der Waals surface area (Å²) in [5.41, 5.74) is 0.167. The molecule has 0 aromatic heterocycles. The van der Waals surface area contributed by atoms with Crippen LogP contribution < -0.4 is 0 Å². The Labute approximate surface area is 114 Å². The molecule has 0 saturated heterocycles. The summed E-state index contributed by atoms with van der Waals surface area (Å²) in [5.74, 6) is -2.88. The van der Waals surface area contributed by atoms with Crippen molar-refractivity contribution in [1.29, 1.82) is 0 Å². The number of hydrogen-bond donors (Lipinski definition) is 0. The second-order valence-electron chi connectivity index (χ2n) is 3.32. The summed E-state index contributed by atoms with van der Waals surface area (Å²) >= 11 is 11.4. The Morgan fingerprint density at radius 1 is 1.33 bits per heavy atom. The van der Waals surface area contributed by atoms with Crippen LogP contribution in [0.15, 0.2) is 24.3 Å². The fourth-order valence-electron chi connectivity index (χ4n) is 1.21. The van der Waals surface area contributed by atoms with Crippen molar-refractivity contribution in [2.24, 2.45) is 0 Å². The minimum Gasteiger partial charge on any atom is -0.460 e. The van der Waals surface area contributed by atoms with E-state index >= 15 is 0 Å². The van der Waals surface area contributed by atoms with Gasteiger partial charge in [0.15, 0.2) is 11.2 Å². The highest BCUT2D eigenvalue weighted by atomic mass is 35.5. The lowest BCUT2D eigenvalue weighted by Gasteiger charge is -2.07. The van der Waals surface area contributed by atoms with Gasteiger partial charge in [0.1, 0.15) is 0 Å². The van der Waals surface area contributed by atoms with Crippen LogP contribution in [-0.4, -0.2) is 29.5 Å². The van der Waals surface area contributed by atoms with Crippen LogP contribution in [0.5, 0.6) is 0 Å². The average Bonchev–Trinajstić information content (AvgIpc) is 2.36. The highest BCUT2D eigenvalue weighted by Crippen LogP contribution is 2.15. The molecule has 0 spiro atoms. The number of carbonyl (C=O) groups is 3. The van der Waals surface area contributed by atoms with Gasteiger partial charge in [-0.05, 0) is 19.1 Å². The normalized spacial score (nSPS) is 11.7. The zero-order chi connectivity index (χ0) is 13.7. The molecule has 1 rings (SSSR count). The zero-order valence-corrected chi connectivity index (χ0v) is 11.0. The lowest BCUT2D eigenvalue weighted by Crippen LogP contribution is -2.32. The van der Waals surface area contributed by atoms with Gasteiger partial charge in [0, 0.05) is 10.6 Å². The van der Waals surface area contributed by atoms with E-state index in [1.54, 1.807) is 19.1 Å². The fourth-order valence-corrected chi connectivity index (χ4v) is 1.62. The number of Topliss-reactive ketones (excluding diaryl/α,β-unsaturated/α-hetero) is 2. The molecule has 4 nitrogen and oxygen atoms in total. The number of esters is 1. The summed E-state index contributed by atoms with van der Waals surface area (Å²) in [5, 5.41) is -1.25. The summed E-state index contributed by atoms with van der Waals surface area (Å²) in [7, 11) is 0. The third kappa shape index (κ3) is 3.55. The molecule has 0 aliphatic carbocycles. The summed E-state index contributed by atoms with van der Waals surface area (Å²) in [6.07, 6.45) is 0. The van der Waals surface area contributed by atoms with E-state index in [-0.39, 0.29) is 12.2 Å². The Morgan fingerprint density at radius 2 is 2.00 bits per heavy atom. The Bertz CT molecular complexity index is 485. The second kappa shape index (κ2) is 6.52. The molecule has 0 amide bonds. The summed E-state index contributed by atoms with van der Waals surface area (Å²) in [6, 6.07) is 5.96. The summed E-state index contributed by atoms with van der Waals surface area (Å²) in [6.45, 7) is 1.59. The van der Waals surface area contributed by atoms with E-state index in [2.05, 4.69) is 4.74 Å². The molecule has 0 saturated carbocycles. The third-order valence-corrected chi connectivity index (χ3v) is 2.68. The molecule has 0 radical (unpaired) electrons. The van der Waals surface area contributed by atoms with E-state index in [1.807, 2.05) is 0 Å². The monoisotopic (exact) mass is 288 g/mol. The molecule has 0 fully saturated rings. The number of ketones is 2. The first-order valence-corrected chi connectivity index (χ1v) is 5.93. The smallest absolute Gasteiger partial charge is 0.376 e. The number of alkyl halides is 1. The second-order valence-corrected chi connectivity index (χ2v) is 4.19. The predicted octanol–water partition coefficient (Wildman–Crippen LogP) is 2.26. The van der Waals surface area contributed by atoms with Crippen LogP contribution in [0.2, 0.25) is 5.02 Å². The van der Waals surface area contributed by atoms with Gasteiger partial charge in [-0.15, -0.1) is 11.6 Å². The summed E-state index contributed by atoms with van der Waals surface area (Å²) in [4.78, 5) is 34.5. The van der Waals surface area contributed by atoms with Crippen LogP contribution in [0.25, 0.3) is 0 Å². The highest BCUT2D eigenvalue weighted by molar-refractivity contribution is 6.56. The number of hydrogen-bond acceptors (Lipinski definition) is 4. The van der Waals surface area contributed by atoms with E-state index < -0.39 is 22.9 Å². The maximum atomic E-state index is 11.8. The Kier molecular flexibility index (Phi) is 5.31. The number of rotatable bonds is 5. The quantitative estimate of drug-likeness (QED) is 0.274. The van der Waals surface area contributed by atoms with Crippen molar-refractivity contribution in [3.8, 4) is 0 Å². The van der Waals surface area contributed by atoms with Gasteiger partial charge < -0.3 is 4.74 Å². The average molecular weight is 289 g/mol. The van der Waals surface area contributed by atoms with Crippen LogP contribution in [-0.2, 0) is 14.3 Å². The molecule has 18 heavy (non-hydrogen) atoms. The van der Waals surface area contributed by atoms with Crippen LogP contribution >= 0.6 is 23.2 Å². The fraction of sp³-hybridized carbons (Fsp3) is 0.250. The van der Waals surface area contributed by atoms with Gasteiger partial charge in [-0.1, -0.05) is 23.7 Å². The minimum atomic E-state index is -1.59. The molecule has 6 heteroatoms. The number of halogens is 2. The van der Waals surface area contributed by atoms with Gasteiger partial charge in [-0.25, -0.2) is 4.79 Å². The first-order valence-electron chi connectivity index (χ1n) is 5.12. The Balaban J connectivity index is 2.84. The van der Waals surface area contributed by atoms with Crippen LogP contribution in [0.4, 0.5) is 0 Å². The number of carbonyl (C=O) groups excluding carboxylic acids is 3. The maximum Gasteiger partial charge on any atom is 0.376 e. The third-order valence-electron chi connectivity index (χ3n) is 2.05. The van der Waals surface area contributed by atoms with E-state index in [0.29, 0.717) is 5.02 Å². The lowest BCUT2D eigenvalue weighted by molar-refractivity contribution is -0.153. The van der Waals surface area contributed by atoms with Crippen LogP contribution in [0.3, 0.4) is 0 Å². The van der Waals surface area contributed by atoms with Gasteiger partial charge in [0.2, 0.25) is 0 Å². The zero-order valence-electron chi connectivity index (χ0n) is 9.48. The SMILES string of the molecule is CCOC(=O)C(=O)C(Cl)C(=O)c1cccc(Cl)c1. The van der Waals surface area contributed by atoms with Crippen molar-refractivity contribution in [3.63, 3.8) is 0 Å². The van der Waals surface area contributed by atoms with Crippen molar-refractivity contribution in [1.82, 2.24) is 0 Å². The van der Waals surface area contributed by atoms with Crippen LogP contribution in [0.1, 0.15) is 17.3 Å². The molecule has 0 heterocycles. The number of ether oxygens (including phenoxy) is 1. The van der Waals surface area contributed by atoms with Gasteiger partial charge in [-0.2, -0.15) is 0 Å². The molecule has 96 valence electrons. The molecule has 1 aromatic carbocycles. The highest BCUT2D eigenvalue weighted by Gasteiger charge is 2.31. The molecule has 0 bridgehead atoms. The predicted molar refractivity (Wildman–Crippen MR) is 67.1 cm³/mol. The molecule has 0 aliphatic heterocycles. The van der Waals surface area contributed by atoms with Crippen molar-refractivity contribution in [2.75, 3.05) is 6.61 Å². The Hall–Kier alpha value is -1.39. The van der Waals surface area contributed by atoms with E-state index in [0.717, 1.165) is 0 Å². The van der Waals surface area contributed by atoms with Crippen molar-refractivity contribution < 1.29 is 19.1 Å².